The Morgan fingerprint density at radius 3 is 2.60 bits per heavy atom. The fourth-order valence-corrected chi connectivity index (χ4v) is 5.57. The normalized spacial score (nSPS) is 15.7. The summed E-state index contributed by atoms with van der Waals surface area (Å²) < 4.78 is 2.09. The van der Waals surface area contributed by atoms with Crippen LogP contribution in [0.3, 0.4) is 0 Å². The Balaban J connectivity index is 1.44. The third-order valence-corrected chi connectivity index (χ3v) is 7.13. The lowest BCUT2D eigenvalue weighted by Crippen LogP contribution is -2.37. The van der Waals surface area contributed by atoms with Crippen molar-refractivity contribution < 1.29 is 9.59 Å². The molecule has 1 amide bonds. The number of rotatable bonds is 5. The summed E-state index contributed by atoms with van der Waals surface area (Å²) in [6, 6.07) is 16.5. The fraction of sp³-hybridized carbons (Fsp3) is 0.375. The molecule has 1 aliphatic rings. The maximum atomic E-state index is 13.1. The van der Waals surface area contributed by atoms with E-state index in [0.29, 0.717) is 18.6 Å². The molecule has 0 spiro atoms. The van der Waals surface area contributed by atoms with Crippen LogP contribution in [0.2, 0.25) is 13.1 Å². The SMILES string of the molecule is C[Si](C)(O)Cn1ccc2cc(C(=O)N3CCC(c4cccc(CN)c4)CC3)ccc21. The number of hydrogen-bond acceptors (Lipinski definition) is 3. The highest BCUT2D eigenvalue weighted by Crippen LogP contribution is 2.29. The van der Waals surface area contributed by atoms with Gasteiger partial charge in [0.15, 0.2) is 0 Å². The number of carbonyl (C=O) groups excluding carboxylic acids is 1. The van der Waals surface area contributed by atoms with Gasteiger partial charge in [-0.1, -0.05) is 24.3 Å². The minimum absolute atomic E-state index is 0.107. The van der Waals surface area contributed by atoms with Gasteiger partial charge in [0.2, 0.25) is 8.32 Å². The van der Waals surface area contributed by atoms with Gasteiger partial charge in [-0.3, -0.25) is 4.79 Å². The van der Waals surface area contributed by atoms with E-state index in [9.17, 15) is 9.59 Å². The van der Waals surface area contributed by atoms with Gasteiger partial charge < -0.3 is 20.0 Å². The minimum Gasteiger partial charge on any atom is -0.430 e. The van der Waals surface area contributed by atoms with Crippen LogP contribution < -0.4 is 5.73 Å². The third kappa shape index (κ3) is 4.51. The van der Waals surface area contributed by atoms with E-state index in [1.807, 2.05) is 48.5 Å². The number of nitrogens with two attached hydrogens (primary N) is 1. The lowest BCUT2D eigenvalue weighted by atomic mass is 9.88. The zero-order valence-electron chi connectivity index (χ0n) is 17.8. The van der Waals surface area contributed by atoms with Gasteiger partial charge >= 0.3 is 0 Å². The number of piperidine rings is 1. The van der Waals surface area contributed by atoms with E-state index in [4.69, 9.17) is 5.73 Å². The van der Waals surface area contributed by atoms with E-state index in [0.717, 1.165) is 42.4 Å². The Hall–Kier alpha value is -2.41. The van der Waals surface area contributed by atoms with Crippen molar-refractivity contribution in [1.82, 2.24) is 9.47 Å². The van der Waals surface area contributed by atoms with Crippen LogP contribution in [0.4, 0.5) is 0 Å². The second-order valence-corrected chi connectivity index (χ2v) is 13.0. The number of carbonyl (C=O) groups is 1. The Morgan fingerprint density at radius 1 is 1.13 bits per heavy atom. The summed E-state index contributed by atoms with van der Waals surface area (Å²) in [6.07, 6.45) is 4.62. The number of hydrogen-bond donors (Lipinski definition) is 2. The highest BCUT2D eigenvalue weighted by atomic mass is 28.4. The van der Waals surface area contributed by atoms with E-state index >= 15 is 0 Å². The maximum absolute atomic E-state index is 13.1. The predicted molar refractivity (Wildman–Crippen MR) is 124 cm³/mol. The van der Waals surface area contributed by atoms with Gasteiger partial charge in [0.05, 0.1) is 0 Å². The molecular weight excluding hydrogens is 390 g/mol. The van der Waals surface area contributed by atoms with E-state index in [1.165, 1.54) is 11.1 Å². The van der Waals surface area contributed by atoms with Gasteiger partial charge in [-0.15, -0.1) is 0 Å². The van der Waals surface area contributed by atoms with Crippen LogP contribution in [0.1, 0.15) is 40.2 Å². The van der Waals surface area contributed by atoms with Crippen molar-refractivity contribution in [2.75, 3.05) is 13.1 Å². The van der Waals surface area contributed by atoms with E-state index < -0.39 is 8.32 Å². The van der Waals surface area contributed by atoms with Crippen molar-refractivity contribution >= 4 is 25.1 Å². The van der Waals surface area contributed by atoms with Crippen molar-refractivity contribution in [3.05, 3.63) is 71.4 Å². The first-order chi connectivity index (χ1) is 14.3. The summed E-state index contributed by atoms with van der Waals surface area (Å²) in [5.74, 6) is 0.596. The molecule has 1 fully saturated rings. The van der Waals surface area contributed by atoms with Crippen molar-refractivity contribution in [3.8, 4) is 0 Å². The van der Waals surface area contributed by atoms with Crippen molar-refractivity contribution in [2.24, 2.45) is 5.73 Å². The summed E-state index contributed by atoms with van der Waals surface area (Å²) >= 11 is 0. The van der Waals surface area contributed by atoms with Gasteiger partial charge in [0.1, 0.15) is 0 Å². The molecular formula is C24H31N3O2Si. The lowest BCUT2D eigenvalue weighted by Gasteiger charge is -2.32. The molecule has 30 heavy (non-hydrogen) atoms. The second kappa shape index (κ2) is 8.38. The summed E-state index contributed by atoms with van der Waals surface area (Å²) in [7, 11) is -2.20. The molecule has 3 N–H and O–H groups in total. The minimum atomic E-state index is -2.20. The van der Waals surface area contributed by atoms with Crippen LogP contribution in [0, 0.1) is 0 Å². The van der Waals surface area contributed by atoms with E-state index in [-0.39, 0.29) is 5.91 Å². The van der Waals surface area contributed by atoms with Gasteiger partial charge in [-0.25, -0.2) is 0 Å². The zero-order valence-corrected chi connectivity index (χ0v) is 18.8. The topological polar surface area (TPSA) is 71.5 Å². The average molecular weight is 422 g/mol. The zero-order chi connectivity index (χ0) is 21.3. The molecule has 0 bridgehead atoms. The quantitative estimate of drug-likeness (QED) is 0.615. The number of nitrogens with zero attached hydrogens (tertiary/aromatic N) is 2. The fourth-order valence-electron chi connectivity index (χ4n) is 4.46. The summed E-state index contributed by atoms with van der Waals surface area (Å²) in [4.78, 5) is 25.3. The Morgan fingerprint density at radius 2 is 1.90 bits per heavy atom. The molecule has 158 valence electrons. The molecule has 4 rings (SSSR count). The summed E-state index contributed by atoms with van der Waals surface area (Å²) in [5, 5.41) is 1.05. The molecule has 1 aliphatic heterocycles. The highest BCUT2D eigenvalue weighted by Gasteiger charge is 2.25. The molecule has 5 nitrogen and oxygen atoms in total. The molecule has 1 aromatic heterocycles. The van der Waals surface area contributed by atoms with Crippen molar-refractivity contribution in [2.45, 2.75) is 44.6 Å². The Kier molecular flexibility index (Phi) is 5.82. The lowest BCUT2D eigenvalue weighted by molar-refractivity contribution is 0.0713. The number of fused-ring (bicyclic) bond motifs is 1. The first kappa shape index (κ1) is 20.8. The maximum Gasteiger partial charge on any atom is 0.253 e. The van der Waals surface area contributed by atoms with Gasteiger partial charge in [0.25, 0.3) is 5.91 Å². The monoisotopic (exact) mass is 421 g/mol. The first-order valence-corrected chi connectivity index (χ1v) is 13.9. The second-order valence-electron chi connectivity index (χ2n) is 9.05. The molecule has 0 saturated carbocycles. The van der Waals surface area contributed by atoms with E-state index in [2.05, 4.69) is 28.8 Å². The van der Waals surface area contributed by atoms with Crippen LogP contribution in [-0.4, -0.2) is 41.6 Å². The van der Waals surface area contributed by atoms with Gasteiger partial charge in [-0.05, 0) is 67.2 Å². The molecule has 0 atom stereocenters. The Labute approximate surface area is 179 Å². The molecule has 3 aromatic rings. The molecule has 0 aliphatic carbocycles. The molecule has 2 aromatic carbocycles. The predicted octanol–water partition coefficient (Wildman–Crippen LogP) is 3.86. The smallest absolute Gasteiger partial charge is 0.253 e. The van der Waals surface area contributed by atoms with Crippen LogP contribution in [0.25, 0.3) is 10.9 Å². The standard InChI is InChI=1S/C24H31N3O2Si/c1-30(2,29)17-27-13-10-21-15-22(6-7-23(21)27)24(28)26-11-8-19(9-12-26)20-5-3-4-18(14-20)16-25/h3-7,10,13-15,19,29H,8-9,11-12,16-17,25H2,1-2H3. The molecule has 6 heteroatoms. The van der Waals surface area contributed by atoms with E-state index in [1.54, 1.807) is 0 Å². The van der Waals surface area contributed by atoms with Crippen LogP contribution in [-0.2, 0) is 12.7 Å². The number of likely N-dealkylation sites (tertiary alicyclic amines) is 1. The van der Waals surface area contributed by atoms with Crippen LogP contribution in [0.5, 0.6) is 0 Å². The molecule has 0 radical (unpaired) electrons. The molecule has 1 saturated heterocycles. The van der Waals surface area contributed by atoms with Crippen molar-refractivity contribution in [3.63, 3.8) is 0 Å². The largest absolute Gasteiger partial charge is 0.430 e. The summed E-state index contributed by atoms with van der Waals surface area (Å²) in [6.45, 7) is 5.99. The Bertz CT molecular complexity index is 1050. The van der Waals surface area contributed by atoms with Crippen molar-refractivity contribution in [1.29, 1.82) is 0 Å². The van der Waals surface area contributed by atoms with Crippen LogP contribution in [0.15, 0.2) is 54.7 Å². The van der Waals surface area contributed by atoms with Gasteiger partial charge in [0, 0.05) is 48.5 Å². The summed E-state index contributed by atoms with van der Waals surface area (Å²) in [5.41, 5.74) is 10.1. The highest BCUT2D eigenvalue weighted by molar-refractivity contribution is 6.68. The number of benzene rings is 2. The number of aromatic nitrogens is 1. The average Bonchev–Trinajstić information content (AvgIpc) is 3.13. The van der Waals surface area contributed by atoms with Gasteiger partial charge in [-0.2, -0.15) is 0 Å². The molecule has 0 unspecified atom stereocenters. The first-order valence-electron chi connectivity index (χ1n) is 10.7. The van der Waals surface area contributed by atoms with Crippen LogP contribution >= 0.6 is 0 Å². The molecule has 2 heterocycles. The third-order valence-electron chi connectivity index (χ3n) is 6.02. The number of amides is 1.